The van der Waals surface area contributed by atoms with Crippen LogP contribution in [0, 0.1) is 13.8 Å². The molecule has 0 aliphatic rings. The van der Waals surface area contributed by atoms with Gasteiger partial charge in [0.2, 0.25) is 0 Å². The summed E-state index contributed by atoms with van der Waals surface area (Å²) in [5, 5.41) is 15.2. The maximum atomic E-state index is 13.2. The van der Waals surface area contributed by atoms with E-state index in [1.54, 1.807) is 37.4 Å². The van der Waals surface area contributed by atoms with Gasteiger partial charge in [0.15, 0.2) is 0 Å². The van der Waals surface area contributed by atoms with Gasteiger partial charge in [-0.15, -0.1) is 0 Å². The lowest BCUT2D eigenvalue weighted by atomic mass is 9.93. The number of carbonyl (C=O) groups excluding carboxylic acids is 2. The van der Waals surface area contributed by atoms with Crippen molar-refractivity contribution in [2.75, 3.05) is 12.4 Å². The van der Waals surface area contributed by atoms with Gasteiger partial charge in [-0.3, -0.25) is 20.3 Å². The van der Waals surface area contributed by atoms with Gasteiger partial charge in [-0.05, 0) is 85.5 Å². The third-order valence-electron chi connectivity index (χ3n) is 6.26. The summed E-state index contributed by atoms with van der Waals surface area (Å²) in [4.78, 5) is 29.2. The Morgan fingerprint density at radius 3 is 2.32 bits per heavy atom. The second-order valence-corrected chi connectivity index (χ2v) is 8.87. The van der Waals surface area contributed by atoms with Crippen LogP contribution in [-0.4, -0.2) is 29.1 Å². The van der Waals surface area contributed by atoms with E-state index in [4.69, 9.17) is 4.74 Å². The normalized spacial score (nSPS) is 11.4. The predicted octanol–water partition coefficient (Wildman–Crippen LogP) is 5.55. The number of anilines is 1. The number of hydrogen-bond donors (Lipinski definition) is 5. The Morgan fingerprint density at radius 2 is 1.66 bits per heavy atom. The highest BCUT2D eigenvalue weighted by Crippen LogP contribution is 2.35. The number of benzene rings is 3. The highest BCUT2D eigenvalue weighted by Gasteiger charge is 2.18. The van der Waals surface area contributed by atoms with E-state index in [1.165, 1.54) is 6.92 Å². The van der Waals surface area contributed by atoms with Crippen LogP contribution in [0.1, 0.15) is 28.4 Å². The Bertz CT molecular complexity index is 1490. The minimum Gasteiger partial charge on any atom is -0.496 e. The van der Waals surface area contributed by atoms with Crippen molar-refractivity contribution in [1.29, 1.82) is 0 Å². The molecule has 0 aliphatic heterocycles. The molecule has 5 N–H and O–H groups in total. The van der Waals surface area contributed by atoms with Crippen molar-refractivity contribution >= 4 is 17.5 Å². The maximum Gasteiger partial charge on any atom is 0.275 e. The van der Waals surface area contributed by atoms with Crippen LogP contribution in [0.25, 0.3) is 22.4 Å². The van der Waals surface area contributed by atoms with Crippen LogP contribution in [0.15, 0.2) is 90.4 Å². The van der Waals surface area contributed by atoms with Crippen molar-refractivity contribution in [2.24, 2.45) is 0 Å². The van der Waals surface area contributed by atoms with Crippen LogP contribution in [-0.2, 0) is 4.79 Å². The van der Waals surface area contributed by atoms with Crippen molar-refractivity contribution < 1.29 is 19.5 Å². The zero-order valence-electron chi connectivity index (χ0n) is 21.7. The number of aromatic nitrogens is 1. The van der Waals surface area contributed by atoms with E-state index in [9.17, 15) is 14.8 Å². The van der Waals surface area contributed by atoms with E-state index in [0.717, 1.165) is 33.5 Å². The summed E-state index contributed by atoms with van der Waals surface area (Å²) in [6.45, 7) is 5.54. The number of carbonyl (C=O) groups is 2. The molecular weight excluding hydrogens is 480 g/mol. The molecule has 4 aromatic rings. The number of allylic oxidation sites excluding steroid dienone is 1. The van der Waals surface area contributed by atoms with Crippen molar-refractivity contribution in [3.8, 4) is 28.1 Å². The number of nitrogens with one attached hydrogen (secondary N) is 4. The molecule has 2 amide bonds. The molecule has 8 nitrogen and oxygen atoms in total. The number of amides is 2. The number of H-pyrrole nitrogens is 1. The molecule has 0 unspecified atom stereocenters. The molecule has 0 radical (unpaired) electrons. The molecule has 0 bridgehead atoms. The molecule has 0 saturated heterocycles. The summed E-state index contributed by atoms with van der Waals surface area (Å²) in [7, 11) is 1.59. The van der Waals surface area contributed by atoms with Gasteiger partial charge >= 0.3 is 0 Å². The number of aryl methyl sites for hydroxylation is 2. The Balaban J connectivity index is 1.57. The van der Waals surface area contributed by atoms with Gasteiger partial charge in [0.05, 0.1) is 7.11 Å². The third kappa shape index (κ3) is 5.61. The van der Waals surface area contributed by atoms with Gasteiger partial charge < -0.3 is 20.4 Å². The predicted molar refractivity (Wildman–Crippen MR) is 148 cm³/mol. The summed E-state index contributed by atoms with van der Waals surface area (Å²) >= 11 is 0. The average Bonchev–Trinajstić information content (AvgIpc) is 3.44. The lowest BCUT2D eigenvalue weighted by molar-refractivity contribution is -0.114. The van der Waals surface area contributed by atoms with E-state index in [0.29, 0.717) is 17.0 Å². The van der Waals surface area contributed by atoms with Crippen LogP contribution in [0.2, 0.25) is 0 Å². The second kappa shape index (κ2) is 11.5. The number of hydrogen-bond acceptors (Lipinski definition) is 5. The monoisotopic (exact) mass is 510 g/mol. The molecule has 1 heterocycles. The van der Waals surface area contributed by atoms with E-state index in [1.807, 2.05) is 68.0 Å². The largest absolute Gasteiger partial charge is 0.496 e. The second-order valence-electron chi connectivity index (χ2n) is 8.87. The molecule has 3 aromatic carbocycles. The molecule has 0 fully saturated rings. The Labute approximate surface area is 221 Å². The number of ether oxygens (including phenoxy) is 1. The van der Waals surface area contributed by atoms with Gasteiger partial charge in [0, 0.05) is 34.4 Å². The summed E-state index contributed by atoms with van der Waals surface area (Å²) in [5.41, 5.74) is 8.47. The summed E-state index contributed by atoms with van der Waals surface area (Å²) in [6, 6.07) is 22.2. The molecule has 0 aliphatic carbocycles. The fourth-order valence-corrected chi connectivity index (χ4v) is 4.36. The maximum absolute atomic E-state index is 13.2. The van der Waals surface area contributed by atoms with Crippen LogP contribution in [0.5, 0.6) is 5.75 Å². The minimum absolute atomic E-state index is 0.153. The third-order valence-corrected chi connectivity index (χ3v) is 6.26. The van der Waals surface area contributed by atoms with Crippen LogP contribution >= 0.6 is 0 Å². The van der Waals surface area contributed by atoms with Crippen molar-refractivity contribution in [2.45, 2.75) is 20.8 Å². The Kier molecular flexibility index (Phi) is 7.94. The molecule has 38 heavy (non-hydrogen) atoms. The highest BCUT2D eigenvalue weighted by atomic mass is 16.5. The fraction of sp³-hybridized carbons (Fsp3) is 0.133. The number of rotatable bonds is 8. The van der Waals surface area contributed by atoms with Crippen LogP contribution < -0.4 is 20.9 Å². The molecule has 0 saturated carbocycles. The Hall–Kier alpha value is -4.82. The fourth-order valence-electron chi connectivity index (χ4n) is 4.36. The smallest absolute Gasteiger partial charge is 0.275 e. The average molecular weight is 511 g/mol. The number of methoxy groups -OCH3 is 1. The van der Waals surface area contributed by atoms with Crippen molar-refractivity contribution in [1.82, 2.24) is 15.8 Å². The van der Waals surface area contributed by atoms with Gasteiger partial charge in [-0.25, -0.2) is 0 Å². The van der Waals surface area contributed by atoms with Crippen LogP contribution in [0.4, 0.5) is 5.69 Å². The zero-order valence-corrected chi connectivity index (χ0v) is 21.7. The SMILES string of the molecule is COc1ccc(C(=O)N/C(C)=C(\NO)C(=O)Nc2cccc(-c3ccc[nH]3)c2)cc1-c1c(C)cccc1C. The van der Waals surface area contributed by atoms with Crippen molar-refractivity contribution in [3.63, 3.8) is 0 Å². The first-order valence-corrected chi connectivity index (χ1v) is 12.0. The van der Waals surface area contributed by atoms with Gasteiger partial charge in [0.25, 0.3) is 11.8 Å². The molecule has 0 atom stereocenters. The first-order valence-electron chi connectivity index (χ1n) is 12.0. The van der Waals surface area contributed by atoms with Crippen LogP contribution in [0.3, 0.4) is 0 Å². The standard InChI is InChI=1S/C30H30N4O4/c1-18-8-5-9-19(2)27(18)24-17-22(13-14-26(24)38-4)29(35)32-20(3)28(34-37)30(36)33-23-11-6-10-21(16-23)25-12-7-15-31-25/h5-17,31,34,37H,1-4H3,(H,32,35)(H,33,36)/b28-20-. The first kappa shape index (κ1) is 26.2. The number of aromatic amines is 1. The van der Waals surface area contributed by atoms with Crippen molar-refractivity contribution in [3.05, 3.63) is 107 Å². The minimum atomic E-state index is -0.611. The Morgan fingerprint density at radius 1 is 0.921 bits per heavy atom. The molecular formula is C30H30N4O4. The molecule has 1 aromatic heterocycles. The summed E-state index contributed by atoms with van der Waals surface area (Å²) < 4.78 is 5.56. The highest BCUT2D eigenvalue weighted by molar-refractivity contribution is 6.05. The topological polar surface area (TPSA) is 115 Å². The molecule has 194 valence electrons. The summed E-state index contributed by atoms with van der Waals surface area (Å²) in [6.07, 6.45) is 1.82. The molecule has 8 heteroatoms. The zero-order chi connectivity index (χ0) is 27.2. The summed E-state index contributed by atoms with van der Waals surface area (Å²) in [5.74, 6) is -0.406. The molecule has 0 spiro atoms. The number of hydroxylamine groups is 1. The van der Waals surface area contributed by atoms with E-state index >= 15 is 0 Å². The first-order chi connectivity index (χ1) is 18.3. The molecule has 4 rings (SSSR count). The van der Waals surface area contributed by atoms with Gasteiger partial charge in [-0.2, -0.15) is 0 Å². The quantitative estimate of drug-likeness (QED) is 0.157. The van der Waals surface area contributed by atoms with E-state index < -0.39 is 11.8 Å². The lowest BCUT2D eigenvalue weighted by Crippen LogP contribution is -2.31. The van der Waals surface area contributed by atoms with Gasteiger partial charge in [-0.1, -0.05) is 30.3 Å². The van der Waals surface area contributed by atoms with Gasteiger partial charge in [0.1, 0.15) is 11.4 Å². The van der Waals surface area contributed by atoms with E-state index in [2.05, 4.69) is 15.6 Å². The van der Waals surface area contributed by atoms with E-state index in [-0.39, 0.29) is 11.4 Å². The lowest BCUT2D eigenvalue weighted by Gasteiger charge is -2.16.